The highest BCUT2D eigenvalue weighted by Gasteiger charge is 2.59. The van der Waals surface area contributed by atoms with Crippen LogP contribution in [-0.2, 0) is 32.7 Å². The van der Waals surface area contributed by atoms with Gasteiger partial charge in [0.15, 0.2) is 6.10 Å². The molecule has 1 N–H and O–H groups in total. The lowest BCUT2D eigenvalue weighted by atomic mass is 9.72. The van der Waals surface area contributed by atoms with E-state index in [0.717, 1.165) is 22.4 Å². The number of para-hydroxylation sites is 1. The molecule has 0 aromatic heterocycles. The minimum atomic E-state index is -0.810. The van der Waals surface area contributed by atoms with E-state index in [1.807, 2.05) is 60.7 Å². The number of nitrogens with zero attached hydrogens (tertiary/aromatic N) is 1. The summed E-state index contributed by atoms with van der Waals surface area (Å²) in [5.41, 5.74) is 3.77. The van der Waals surface area contributed by atoms with Gasteiger partial charge in [0.05, 0.1) is 19.8 Å². The molecule has 7 nitrogen and oxygen atoms in total. The van der Waals surface area contributed by atoms with E-state index in [0.29, 0.717) is 18.7 Å². The van der Waals surface area contributed by atoms with Gasteiger partial charge in [0, 0.05) is 30.5 Å². The molecule has 0 aliphatic carbocycles. The maximum absolute atomic E-state index is 14.7. The zero-order chi connectivity index (χ0) is 32.5. The molecule has 2 aliphatic heterocycles. The summed E-state index contributed by atoms with van der Waals surface area (Å²) < 4.78 is 17.7. The second-order valence-electron chi connectivity index (χ2n) is 14.3. The van der Waals surface area contributed by atoms with Crippen molar-refractivity contribution in [1.82, 2.24) is 10.2 Å². The second-order valence-corrected chi connectivity index (χ2v) is 14.3. The molecular weight excluding hydrogens is 564 g/mol. The van der Waals surface area contributed by atoms with Crippen LogP contribution in [0.5, 0.6) is 11.5 Å². The number of hydrogen-bond donors (Lipinski definition) is 1. The number of nitrogens with one attached hydrogen (secondary N) is 1. The normalized spacial score (nSPS) is 22.9. The standard InChI is InChI=1S/C38H48N2O5/c1-9-44-36(42)34-31(38(5,6)7)32(39-23-26-21-27(37(2,3)4)19-20-28(26)43-8)33(24-15-11-10-12-16-24)40(34)35(41)30-22-25-17-13-14-18-29(25)45-30/h10-21,30-34,39H,9,22-23H2,1-8H3/t30?,31-,32-,33-,34-/m0/s1. The van der Waals surface area contributed by atoms with Crippen molar-refractivity contribution in [3.05, 3.63) is 95.1 Å². The summed E-state index contributed by atoms with van der Waals surface area (Å²) in [5.74, 6) is 0.644. The lowest BCUT2D eigenvalue weighted by Gasteiger charge is -2.36. The molecule has 240 valence electrons. The minimum Gasteiger partial charge on any atom is -0.496 e. The molecule has 45 heavy (non-hydrogen) atoms. The van der Waals surface area contributed by atoms with Gasteiger partial charge in [-0.15, -0.1) is 0 Å². The fourth-order valence-electron chi connectivity index (χ4n) is 7.04. The summed E-state index contributed by atoms with van der Waals surface area (Å²) in [6, 6.07) is 22.6. The Hall–Kier alpha value is -3.84. The van der Waals surface area contributed by atoms with Gasteiger partial charge in [-0.25, -0.2) is 4.79 Å². The average molecular weight is 613 g/mol. The molecule has 2 aliphatic rings. The molecule has 0 radical (unpaired) electrons. The lowest BCUT2D eigenvalue weighted by molar-refractivity contribution is -0.159. The molecule has 1 amide bonds. The van der Waals surface area contributed by atoms with Gasteiger partial charge in [-0.1, -0.05) is 102 Å². The van der Waals surface area contributed by atoms with E-state index >= 15 is 0 Å². The van der Waals surface area contributed by atoms with E-state index in [1.165, 1.54) is 5.56 Å². The van der Waals surface area contributed by atoms with Crippen LogP contribution < -0.4 is 14.8 Å². The summed E-state index contributed by atoms with van der Waals surface area (Å²) in [6.45, 7) is 15.5. The predicted molar refractivity (Wildman–Crippen MR) is 176 cm³/mol. The molecular formula is C38H48N2O5. The predicted octanol–water partition coefficient (Wildman–Crippen LogP) is 6.63. The number of carbonyl (C=O) groups excluding carboxylic acids is 2. The third kappa shape index (κ3) is 6.60. The number of carbonyl (C=O) groups is 2. The van der Waals surface area contributed by atoms with Gasteiger partial charge in [-0.2, -0.15) is 0 Å². The van der Waals surface area contributed by atoms with Crippen molar-refractivity contribution < 1.29 is 23.8 Å². The van der Waals surface area contributed by atoms with E-state index in [1.54, 1.807) is 18.9 Å². The zero-order valence-electron chi connectivity index (χ0n) is 27.9. The summed E-state index contributed by atoms with van der Waals surface area (Å²) in [6.07, 6.45) is -0.272. The molecule has 5 atom stereocenters. The largest absolute Gasteiger partial charge is 0.496 e. The van der Waals surface area contributed by atoms with Crippen LogP contribution in [0.2, 0.25) is 0 Å². The number of likely N-dealkylation sites (tertiary alicyclic amines) is 1. The molecule has 3 aromatic carbocycles. The summed E-state index contributed by atoms with van der Waals surface area (Å²) >= 11 is 0. The number of rotatable bonds is 8. The number of hydrogen-bond acceptors (Lipinski definition) is 6. The van der Waals surface area contributed by atoms with Crippen LogP contribution in [0, 0.1) is 11.3 Å². The van der Waals surface area contributed by atoms with Crippen LogP contribution in [0.25, 0.3) is 0 Å². The summed E-state index contributed by atoms with van der Waals surface area (Å²) in [5, 5.41) is 3.85. The van der Waals surface area contributed by atoms with Gasteiger partial charge in [0.2, 0.25) is 0 Å². The van der Waals surface area contributed by atoms with Gasteiger partial charge >= 0.3 is 5.97 Å². The Balaban J connectivity index is 1.61. The highest BCUT2D eigenvalue weighted by atomic mass is 16.5. The number of methoxy groups -OCH3 is 1. The van der Waals surface area contributed by atoms with E-state index in [9.17, 15) is 9.59 Å². The Morgan fingerprint density at radius 1 is 0.956 bits per heavy atom. The van der Waals surface area contributed by atoms with E-state index < -0.39 is 18.2 Å². The van der Waals surface area contributed by atoms with Crippen LogP contribution in [0.4, 0.5) is 0 Å². The summed E-state index contributed by atoms with van der Waals surface area (Å²) in [4.78, 5) is 30.5. The SMILES string of the molecule is CCOC(=O)[C@@H]1[C@@H](C(C)(C)C)[C@H](NCc2cc(C(C)(C)C)ccc2OC)[C@H](c2ccccc2)N1C(=O)C1Cc2ccccc2O1. The van der Waals surface area contributed by atoms with Crippen LogP contribution >= 0.6 is 0 Å². The molecule has 1 fully saturated rings. The van der Waals surface area contributed by atoms with E-state index in [4.69, 9.17) is 14.2 Å². The van der Waals surface area contributed by atoms with E-state index in [-0.39, 0.29) is 41.3 Å². The van der Waals surface area contributed by atoms with Crippen molar-refractivity contribution in [1.29, 1.82) is 0 Å². The first-order chi connectivity index (χ1) is 21.3. The summed E-state index contributed by atoms with van der Waals surface area (Å²) in [7, 11) is 1.69. The number of esters is 1. The Labute approximate surface area is 268 Å². The Morgan fingerprint density at radius 3 is 2.27 bits per heavy atom. The lowest BCUT2D eigenvalue weighted by Crippen LogP contribution is -2.51. The third-order valence-corrected chi connectivity index (χ3v) is 9.19. The molecule has 0 spiro atoms. The molecule has 3 aromatic rings. The molecule has 0 saturated carbocycles. The van der Waals surface area contributed by atoms with Crippen LogP contribution in [0.1, 0.15) is 76.8 Å². The number of benzene rings is 3. The van der Waals surface area contributed by atoms with Crippen molar-refractivity contribution in [3.8, 4) is 11.5 Å². The third-order valence-electron chi connectivity index (χ3n) is 9.19. The van der Waals surface area contributed by atoms with Crippen LogP contribution in [0.15, 0.2) is 72.8 Å². The minimum absolute atomic E-state index is 0.0357. The number of amides is 1. The molecule has 1 saturated heterocycles. The molecule has 7 heteroatoms. The Bertz CT molecular complexity index is 1480. The van der Waals surface area contributed by atoms with Gasteiger partial charge in [-0.3, -0.25) is 4.79 Å². The molecule has 0 bridgehead atoms. The van der Waals surface area contributed by atoms with E-state index in [2.05, 4.69) is 59.0 Å². The van der Waals surface area contributed by atoms with Crippen LogP contribution in [-0.4, -0.2) is 48.7 Å². The first-order valence-electron chi connectivity index (χ1n) is 16.0. The zero-order valence-corrected chi connectivity index (χ0v) is 27.9. The van der Waals surface area contributed by atoms with Crippen molar-refractivity contribution in [2.45, 2.75) is 91.1 Å². The molecule has 2 heterocycles. The average Bonchev–Trinajstić information content (AvgIpc) is 3.59. The van der Waals surface area contributed by atoms with Gasteiger partial charge in [0.1, 0.15) is 17.5 Å². The van der Waals surface area contributed by atoms with Crippen molar-refractivity contribution in [2.24, 2.45) is 11.3 Å². The van der Waals surface area contributed by atoms with Crippen molar-refractivity contribution >= 4 is 11.9 Å². The topological polar surface area (TPSA) is 77.1 Å². The highest BCUT2D eigenvalue weighted by Crippen LogP contribution is 2.49. The Morgan fingerprint density at radius 2 is 1.64 bits per heavy atom. The number of ether oxygens (including phenoxy) is 3. The first kappa shape index (κ1) is 32.6. The van der Waals surface area contributed by atoms with Crippen molar-refractivity contribution in [2.75, 3.05) is 13.7 Å². The first-order valence-corrected chi connectivity index (χ1v) is 16.0. The fraction of sp³-hybridized carbons (Fsp3) is 0.474. The van der Waals surface area contributed by atoms with Crippen LogP contribution in [0.3, 0.4) is 0 Å². The smallest absolute Gasteiger partial charge is 0.329 e. The van der Waals surface area contributed by atoms with Gasteiger partial charge in [0.25, 0.3) is 5.91 Å². The van der Waals surface area contributed by atoms with Gasteiger partial charge < -0.3 is 24.4 Å². The quantitative estimate of drug-likeness (QED) is 0.288. The molecule has 5 rings (SSSR count). The fourth-order valence-corrected chi connectivity index (χ4v) is 7.04. The maximum atomic E-state index is 14.7. The molecule has 1 unspecified atom stereocenters. The second kappa shape index (κ2) is 12.9. The number of fused-ring (bicyclic) bond motifs is 1. The Kier molecular flexibility index (Phi) is 9.31. The van der Waals surface area contributed by atoms with Crippen molar-refractivity contribution in [3.63, 3.8) is 0 Å². The maximum Gasteiger partial charge on any atom is 0.329 e. The highest BCUT2D eigenvalue weighted by molar-refractivity contribution is 5.90. The van der Waals surface area contributed by atoms with Gasteiger partial charge in [-0.05, 0) is 46.6 Å². The monoisotopic (exact) mass is 612 g/mol.